The first-order chi connectivity index (χ1) is 8.66. The molecule has 2 fully saturated rings. The number of rotatable bonds is 3. The van der Waals surface area contributed by atoms with Gasteiger partial charge in [0.1, 0.15) is 0 Å². The zero-order valence-corrected chi connectivity index (χ0v) is 9.93. The quantitative estimate of drug-likeness (QED) is 0.661. The predicted molar refractivity (Wildman–Crippen MR) is 65.9 cm³/mol. The van der Waals surface area contributed by atoms with Crippen molar-refractivity contribution in [2.75, 3.05) is 5.32 Å². The van der Waals surface area contributed by atoms with Crippen molar-refractivity contribution < 1.29 is 9.31 Å². The standard InChI is InChI=1S/C13H15FN2O2/c14-11-7-8(16(17)18)5-6-12(11)15-13-9-3-1-2-4-10(9)13/h5-7,9-10,13,15H,1-4H2. The van der Waals surface area contributed by atoms with Gasteiger partial charge in [-0.25, -0.2) is 4.39 Å². The zero-order chi connectivity index (χ0) is 12.7. The summed E-state index contributed by atoms with van der Waals surface area (Å²) >= 11 is 0. The van der Waals surface area contributed by atoms with E-state index in [2.05, 4.69) is 5.32 Å². The monoisotopic (exact) mass is 250 g/mol. The molecule has 1 aromatic rings. The third kappa shape index (κ3) is 1.94. The fraction of sp³-hybridized carbons (Fsp3) is 0.538. The van der Waals surface area contributed by atoms with Crippen LogP contribution in [0, 0.1) is 27.8 Å². The van der Waals surface area contributed by atoms with Crippen molar-refractivity contribution in [2.45, 2.75) is 31.7 Å². The van der Waals surface area contributed by atoms with E-state index in [1.807, 2.05) is 0 Å². The molecule has 18 heavy (non-hydrogen) atoms. The fourth-order valence-electron chi connectivity index (χ4n) is 3.12. The highest BCUT2D eigenvalue weighted by molar-refractivity contribution is 5.52. The van der Waals surface area contributed by atoms with Crippen LogP contribution >= 0.6 is 0 Å². The molecule has 4 nitrogen and oxygen atoms in total. The number of halogens is 1. The maximum atomic E-state index is 13.7. The Labute approximate surface area is 104 Å². The topological polar surface area (TPSA) is 55.2 Å². The summed E-state index contributed by atoms with van der Waals surface area (Å²) in [5.41, 5.74) is 0.186. The van der Waals surface area contributed by atoms with Gasteiger partial charge < -0.3 is 5.32 Å². The number of hydrogen-bond acceptors (Lipinski definition) is 3. The number of fused-ring (bicyclic) bond motifs is 1. The van der Waals surface area contributed by atoms with Crippen molar-refractivity contribution in [1.29, 1.82) is 0 Å². The Morgan fingerprint density at radius 2 is 1.94 bits per heavy atom. The Kier molecular flexibility index (Phi) is 2.69. The molecule has 1 N–H and O–H groups in total. The summed E-state index contributed by atoms with van der Waals surface area (Å²) < 4.78 is 13.7. The average molecular weight is 250 g/mol. The Bertz CT molecular complexity index is 480. The average Bonchev–Trinajstić information content (AvgIpc) is 3.05. The van der Waals surface area contributed by atoms with Gasteiger partial charge in [-0.05, 0) is 30.7 Å². The van der Waals surface area contributed by atoms with Crippen LogP contribution < -0.4 is 5.32 Å². The Hall–Kier alpha value is -1.65. The summed E-state index contributed by atoms with van der Waals surface area (Å²) in [4.78, 5) is 9.94. The third-order valence-corrected chi connectivity index (χ3v) is 4.14. The van der Waals surface area contributed by atoms with Crippen LogP contribution in [0.25, 0.3) is 0 Å². The zero-order valence-electron chi connectivity index (χ0n) is 9.93. The number of nitrogens with one attached hydrogen (secondary N) is 1. The number of benzene rings is 1. The first-order valence-electron chi connectivity index (χ1n) is 6.37. The lowest BCUT2D eigenvalue weighted by Gasteiger charge is -2.06. The first kappa shape index (κ1) is 11.4. The van der Waals surface area contributed by atoms with Crippen LogP contribution in [0.1, 0.15) is 25.7 Å². The second-order valence-electron chi connectivity index (χ2n) is 5.20. The largest absolute Gasteiger partial charge is 0.379 e. The second kappa shape index (κ2) is 4.23. The van der Waals surface area contributed by atoms with Crippen LogP contribution in [0.4, 0.5) is 15.8 Å². The number of hydrogen-bond donors (Lipinski definition) is 1. The van der Waals surface area contributed by atoms with Crippen molar-refractivity contribution in [3.63, 3.8) is 0 Å². The van der Waals surface area contributed by atoms with Crippen molar-refractivity contribution in [2.24, 2.45) is 11.8 Å². The molecule has 3 rings (SSSR count). The van der Waals surface area contributed by atoms with Gasteiger partial charge in [-0.1, -0.05) is 12.8 Å². The molecule has 0 spiro atoms. The SMILES string of the molecule is O=[N+]([O-])c1ccc(NC2C3CCCCC32)c(F)c1. The molecule has 2 saturated carbocycles. The summed E-state index contributed by atoms with van der Waals surface area (Å²) in [6, 6.07) is 4.16. The van der Waals surface area contributed by atoms with E-state index in [0.717, 1.165) is 6.07 Å². The number of nitrogens with zero attached hydrogens (tertiary/aromatic N) is 1. The van der Waals surface area contributed by atoms with Crippen LogP contribution in [0.15, 0.2) is 18.2 Å². The highest BCUT2D eigenvalue weighted by Gasteiger charge is 2.50. The van der Waals surface area contributed by atoms with E-state index in [1.165, 1.54) is 37.8 Å². The summed E-state index contributed by atoms with van der Waals surface area (Å²) in [6.45, 7) is 0. The van der Waals surface area contributed by atoms with Crippen LogP contribution in [-0.4, -0.2) is 11.0 Å². The van der Waals surface area contributed by atoms with Gasteiger partial charge in [0.25, 0.3) is 5.69 Å². The Balaban J connectivity index is 1.72. The van der Waals surface area contributed by atoms with Crippen LogP contribution in [0.3, 0.4) is 0 Å². The van der Waals surface area contributed by atoms with Gasteiger partial charge in [0, 0.05) is 12.1 Å². The first-order valence-corrected chi connectivity index (χ1v) is 6.37. The van der Waals surface area contributed by atoms with Gasteiger partial charge in [-0.3, -0.25) is 10.1 Å². The summed E-state index contributed by atoms with van der Waals surface area (Å²) in [5.74, 6) is 0.814. The van der Waals surface area contributed by atoms with Crippen molar-refractivity contribution >= 4 is 11.4 Å². The third-order valence-electron chi connectivity index (χ3n) is 4.14. The van der Waals surface area contributed by atoms with Crippen LogP contribution in [0.5, 0.6) is 0 Å². The van der Waals surface area contributed by atoms with Gasteiger partial charge in [-0.2, -0.15) is 0 Å². The molecule has 0 saturated heterocycles. The van der Waals surface area contributed by atoms with Crippen molar-refractivity contribution in [3.8, 4) is 0 Å². The number of non-ortho nitro benzene ring substituents is 1. The molecule has 0 radical (unpaired) electrons. The normalized spacial score (nSPS) is 29.5. The van der Waals surface area contributed by atoms with Crippen molar-refractivity contribution in [1.82, 2.24) is 0 Å². The number of nitro benzene ring substituents is 1. The minimum atomic E-state index is -0.580. The van der Waals surface area contributed by atoms with E-state index >= 15 is 0 Å². The number of anilines is 1. The Morgan fingerprint density at radius 3 is 2.50 bits per heavy atom. The molecule has 0 aromatic heterocycles. The van der Waals surface area contributed by atoms with E-state index in [9.17, 15) is 14.5 Å². The molecule has 2 aliphatic carbocycles. The molecule has 1 aromatic carbocycles. The number of nitro groups is 1. The minimum absolute atomic E-state index is 0.203. The fourth-order valence-corrected chi connectivity index (χ4v) is 3.12. The molecule has 5 heteroatoms. The molecule has 0 aliphatic heterocycles. The second-order valence-corrected chi connectivity index (χ2v) is 5.20. The predicted octanol–water partition coefficient (Wildman–Crippen LogP) is 3.33. The molecule has 96 valence electrons. The highest BCUT2D eigenvalue weighted by atomic mass is 19.1. The molecule has 0 amide bonds. The lowest BCUT2D eigenvalue weighted by atomic mass is 10.0. The maximum absolute atomic E-state index is 13.7. The lowest BCUT2D eigenvalue weighted by molar-refractivity contribution is -0.385. The van der Waals surface area contributed by atoms with Gasteiger partial charge >= 0.3 is 0 Å². The van der Waals surface area contributed by atoms with Gasteiger partial charge in [-0.15, -0.1) is 0 Å². The minimum Gasteiger partial charge on any atom is -0.379 e. The smallest absolute Gasteiger partial charge is 0.272 e. The Morgan fingerprint density at radius 1 is 1.28 bits per heavy atom. The van der Waals surface area contributed by atoms with Gasteiger partial charge in [0.2, 0.25) is 0 Å². The lowest BCUT2D eigenvalue weighted by Crippen LogP contribution is -2.07. The highest BCUT2D eigenvalue weighted by Crippen LogP contribution is 2.51. The summed E-state index contributed by atoms with van der Waals surface area (Å²) in [5, 5.41) is 13.7. The van der Waals surface area contributed by atoms with Crippen LogP contribution in [0.2, 0.25) is 0 Å². The molecule has 0 bridgehead atoms. The van der Waals surface area contributed by atoms with Crippen molar-refractivity contribution in [3.05, 3.63) is 34.1 Å². The van der Waals surface area contributed by atoms with E-state index in [1.54, 1.807) is 0 Å². The van der Waals surface area contributed by atoms with E-state index in [0.29, 0.717) is 23.6 Å². The van der Waals surface area contributed by atoms with Gasteiger partial charge in [0.15, 0.2) is 5.82 Å². The summed E-state index contributed by atoms with van der Waals surface area (Å²) in [7, 11) is 0. The van der Waals surface area contributed by atoms with E-state index in [-0.39, 0.29) is 5.69 Å². The van der Waals surface area contributed by atoms with E-state index in [4.69, 9.17) is 0 Å². The summed E-state index contributed by atoms with van der Waals surface area (Å²) in [6.07, 6.45) is 4.97. The van der Waals surface area contributed by atoms with Gasteiger partial charge in [0.05, 0.1) is 16.7 Å². The molecule has 2 aliphatic rings. The van der Waals surface area contributed by atoms with Crippen LogP contribution in [-0.2, 0) is 0 Å². The molecule has 2 unspecified atom stereocenters. The molecular formula is C13H15FN2O2. The maximum Gasteiger partial charge on any atom is 0.272 e. The van der Waals surface area contributed by atoms with E-state index < -0.39 is 10.7 Å². The molecule has 2 atom stereocenters. The molecular weight excluding hydrogens is 235 g/mol. The molecule has 0 heterocycles.